The Balaban J connectivity index is 2.13. The van der Waals surface area contributed by atoms with Crippen molar-refractivity contribution in [1.82, 2.24) is 4.98 Å². The number of anilines is 1. The highest BCUT2D eigenvalue weighted by molar-refractivity contribution is 6.33. The van der Waals surface area contributed by atoms with E-state index in [0.717, 1.165) is 0 Å². The van der Waals surface area contributed by atoms with Crippen LogP contribution < -0.4 is 10.1 Å². The molecule has 0 radical (unpaired) electrons. The highest BCUT2D eigenvalue weighted by atomic mass is 35.5. The SMILES string of the molecule is Cc1ccc(O[C@@H](C)C(=O)Nc2ccccc2Cl)c([N+](=O)[O-])n1. The van der Waals surface area contributed by atoms with Gasteiger partial charge in [-0.2, -0.15) is 0 Å². The number of halogens is 1. The lowest BCUT2D eigenvalue weighted by molar-refractivity contribution is -0.390. The minimum Gasteiger partial charge on any atom is -0.473 e. The van der Waals surface area contributed by atoms with Crippen molar-refractivity contribution in [2.24, 2.45) is 0 Å². The molecule has 1 heterocycles. The van der Waals surface area contributed by atoms with Gasteiger partial charge in [0.25, 0.3) is 5.91 Å². The summed E-state index contributed by atoms with van der Waals surface area (Å²) >= 11 is 5.96. The van der Waals surface area contributed by atoms with Crippen molar-refractivity contribution in [3.63, 3.8) is 0 Å². The molecule has 7 nitrogen and oxygen atoms in total. The molecule has 0 unspecified atom stereocenters. The number of ether oxygens (including phenoxy) is 1. The number of benzene rings is 1. The first-order chi connectivity index (χ1) is 10.9. The molecule has 1 atom stereocenters. The number of hydrogen-bond acceptors (Lipinski definition) is 5. The molecule has 23 heavy (non-hydrogen) atoms. The van der Waals surface area contributed by atoms with Crippen LogP contribution in [0.15, 0.2) is 36.4 Å². The number of nitrogens with one attached hydrogen (secondary N) is 1. The molecule has 2 rings (SSSR count). The second kappa shape index (κ2) is 7.06. The molecule has 0 bridgehead atoms. The fourth-order valence-electron chi connectivity index (χ4n) is 1.79. The van der Waals surface area contributed by atoms with Crippen LogP contribution in [0.1, 0.15) is 12.6 Å². The minimum absolute atomic E-state index is 0.0672. The molecule has 0 aliphatic heterocycles. The number of para-hydroxylation sites is 1. The maximum absolute atomic E-state index is 12.1. The van der Waals surface area contributed by atoms with E-state index < -0.39 is 22.8 Å². The Morgan fingerprint density at radius 3 is 2.70 bits per heavy atom. The van der Waals surface area contributed by atoms with Crippen LogP contribution in [0.4, 0.5) is 11.5 Å². The topological polar surface area (TPSA) is 94.4 Å². The standard InChI is InChI=1S/C15H14ClN3O4/c1-9-7-8-13(14(17-9)19(21)22)23-10(2)15(20)18-12-6-4-3-5-11(12)16/h3-8,10H,1-2H3,(H,18,20)/t10-/m0/s1. The monoisotopic (exact) mass is 335 g/mol. The summed E-state index contributed by atoms with van der Waals surface area (Å²) in [7, 11) is 0. The van der Waals surface area contributed by atoms with Crippen molar-refractivity contribution in [2.75, 3.05) is 5.32 Å². The van der Waals surface area contributed by atoms with Crippen LogP contribution in [0.2, 0.25) is 5.02 Å². The van der Waals surface area contributed by atoms with Crippen molar-refractivity contribution in [1.29, 1.82) is 0 Å². The van der Waals surface area contributed by atoms with Gasteiger partial charge in [0.2, 0.25) is 5.75 Å². The van der Waals surface area contributed by atoms with Crippen LogP contribution >= 0.6 is 11.6 Å². The number of amides is 1. The van der Waals surface area contributed by atoms with E-state index in [1.165, 1.54) is 13.0 Å². The third-order valence-corrected chi connectivity index (χ3v) is 3.29. The van der Waals surface area contributed by atoms with E-state index >= 15 is 0 Å². The molecule has 2 aromatic rings. The maximum Gasteiger partial charge on any atom is 0.406 e. The number of nitrogens with zero attached hydrogens (tertiary/aromatic N) is 2. The van der Waals surface area contributed by atoms with Crippen molar-refractivity contribution in [2.45, 2.75) is 20.0 Å². The Morgan fingerprint density at radius 2 is 2.04 bits per heavy atom. The summed E-state index contributed by atoms with van der Waals surface area (Å²) in [6.45, 7) is 3.11. The van der Waals surface area contributed by atoms with E-state index in [0.29, 0.717) is 16.4 Å². The van der Waals surface area contributed by atoms with Crippen molar-refractivity contribution in [3.8, 4) is 5.75 Å². The number of hydrogen-bond donors (Lipinski definition) is 1. The highest BCUT2D eigenvalue weighted by Crippen LogP contribution is 2.26. The van der Waals surface area contributed by atoms with Gasteiger partial charge < -0.3 is 20.2 Å². The van der Waals surface area contributed by atoms with Gasteiger partial charge in [0, 0.05) is 6.92 Å². The lowest BCUT2D eigenvalue weighted by Crippen LogP contribution is -2.30. The van der Waals surface area contributed by atoms with Crippen LogP contribution in [0.5, 0.6) is 5.75 Å². The summed E-state index contributed by atoms with van der Waals surface area (Å²) in [5.41, 5.74) is 0.920. The quantitative estimate of drug-likeness (QED) is 0.667. The molecule has 1 aromatic carbocycles. The fourth-order valence-corrected chi connectivity index (χ4v) is 1.98. The van der Waals surface area contributed by atoms with E-state index in [9.17, 15) is 14.9 Å². The van der Waals surface area contributed by atoms with Crippen LogP contribution in [0.25, 0.3) is 0 Å². The first-order valence-electron chi connectivity index (χ1n) is 6.72. The highest BCUT2D eigenvalue weighted by Gasteiger charge is 2.23. The molecule has 1 N–H and O–H groups in total. The van der Waals surface area contributed by atoms with Crippen LogP contribution in [0, 0.1) is 17.0 Å². The van der Waals surface area contributed by atoms with Gasteiger partial charge in [-0.15, -0.1) is 0 Å². The van der Waals surface area contributed by atoms with Gasteiger partial charge in [-0.1, -0.05) is 23.7 Å². The van der Waals surface area contributed by atoms with Crippen molar-refractivity contribution >= 4 is 29.0 Å². The second-order valence-corrected chi connectivity index (χ2v) is 5.17. The van der Waals surface area contributed by atoms with Crippen molar-refractivity contribution in [3.05, 3.63) is 57.2 Å². The lowest BCUT2D eigenvalue weighted by Gasteiger charge is -2.15. The number of pyridine rings is 1. The first kappa shape index (κ1) is 16.7. The minimum atomic E-state index is -0.963. The van der Waals surface area contributed by atoms with E-state index in [1.54, 1.807) is 37.3 Å². The Bertz CT molecular complexity index is 751. The Labute approximate surface area is 137 Å². The van der Waals surface area contributed by atoms with E-state index in [2.05, 4.69) is 10.3 Å². The summed E-state index contributed by atoms with van der Waals surface area (Å²) < 4.78 is 5.38. The summed E-state index contributed by atoms with van der Waals surface area (Å²) in [6, 6.07) is 9.72. The van der Waals surface area contributed by atoms with Crippen molar-refractivity contribution < 1.29 is 14.5 Å². The molecular formula is C15H14ClN3O4. The van der Waals surface area contributed by atoms with Gasteiger partial charge in [-0.3, -0.25) is 4.79 Å². The average molecular weight is 336 g/mol. The summed E-state index contributed by atoms with van der Waals surface area (Å²) in [4.78, 5) is 26.3. The number of aryl methyl sites for hydroxylation is 1. The number of carbonyl (C=O) groups excluding carboxylic acids is 1. The molecule has 0 saturated carbocycles. The van der Waals surface area contributed by atoms with Gasteiger partial charge in [0.1, 0.15) is 5.69 Å². The summed E-state index contributed by atoms with van der Waals surface area (Å²) in [6.07, 6.45) is -0.963. The smallest absolute Gasteiger partial charge is 0.406 e. The van der Waals surface area contributed by atoms with E-state index in [1.807, 2.05) is 0 Å². The lowest BCUT2D eigenvalue weighted by atomic mass is 10.3. The number of nitro groups is 1. The molecule has 8 heteroatoms. The van der Waals surface area contributed by atoms with Gasteiger partial charge >= 0.3 is 5.82 Å². The third-order valence-electron chi connectivity index (χ3n) is 2.96. The first-order valence-corrected chi connectivity index (χ1v) is 7.10. The molecule has 0 aliphatic rings. The maximum atomic E-state index is 12.1. The van der Waals surface area contributed by atoms with Crippen LogP contribution in [0.3, 0.4) is 0 Å². The van der Waals surface area contributed by atoms with Crippen LogP contribution in [-0.2, 0) is 4.79 Å². The Morgan fingerprint density at radius 1 is 1.35 bits per heavy atom. The summed E-state index contributed by atoms with van der Waals surface area (Å²) in [5.74, 6) is -0.974. The van der Waals surface area contributed by atoms with Gasteiger partial charge in [-0.25, -0.2) is 0 Å². The van der Waals surface area contributed by atoms with E-state index in [-0.39, 0.29) is 5.75 Å². The zero-order chi connectivity index (χ0) is 17.0. The van der Waals surface area contributed by atoms with E-state index in [4.69, 9.17) is 16.3 Å². The second-order valence-electron chi connectivity index (χ2n) is 4.76. The Hall–Kier alpha value is -2.67. The molecule has 1 aromatic heterocycles. The number of aromatic nitrogens is 1. The normalized spacial score (nSPS) is 11.6. The molecule has 120 valence electrons. The van der Waals surface area contributed by atoms with Gasteiger partial charge in [-0.05, 0) is 41.1 Å². The zero-order valence-corrected chi connectivity index (χ0v) is 13.2. The molecule has 0 saturated heterocycles. The number of rotatable bonds is 5. The van der Waals surface area contributed by atoms with Gasteiger partial charge in [0.15, 0.2) is 6.10 Å². The van der Waals surface area contributed by atoms with Crippen LogP contribution in [-0.4, -0.2) is 21.9 Å². The molecule has 1 amide bonds. The summed E-state index contributed by atoms with van der Waals surface area (Å²) in [5, 5.41) is 14.0. The predicted octanol–water partition coefficient (Wildman–Crippen LogP) is 3.36. The Kier molecular flexibility index (Phi) is 5.13. The third kappa shape index (κ3) is 4.17. The van der Waals surface area contributed by atoms with Gasteiger partial charge in [0.05, 0.1) is 10.7 Å². The largest absolute Gasteiger partial charge is 0.473 e. The predicted molar refractivity (Wildman–Crippen MR) is 85.8 cm³/mol. The molecule has 0 fully saturated rings. The average Bonchev–Trinajstić information content (AvgIpc) is 2.51. The molecule has 0 spiro atoms. The zero-order valence-electron chi connectivity index (χ0n) is 12.4. The fraction of sp³-hybridized carbons (Fsp3) is 0.200. The molecular weight excluding hydrogens is 322 g/mol. The molecule has 0 aliphatic carbocycles. The number of carbonyl (C=O) groups is 1.